The predicted molar refractivity (Wildman–Crippen MR) is 94.3 cm³/mol. The third kappa shape index (κ3) is 7.94. The zero-order valence-electron chi connectivity index (χ0n) is 14.2. The topological polar surface area (TPSA) is 74.6 Å². The van der Waals surface area contributed by atoms with Crippen LogP contribution in [0.5, 0.6) is 0 Å². The summed E-state index contributed by atoms with van der Waals surface area (Å²) in [7, 11) is 0. The van der Waals surface area contributed by atoms with Gasteiger partial charge in [-0.3, -0.25) is 9.59 Å². The highest BCUT2D eigenvalue weighted by Gasteiger charge is 2.21. The maximum Gasteiger partial charge on any atom is 0.303 e. The first-order valence-electron chi connectivity index (χ1n) is 8.47. The molecule has 4 nitrogen and oxygen atoms in total. The van der Waals surface area contributed by atoms with Gasteiger partial charge in [-0.15, -0.1) is 11.8 Å². The van der Waals surface area contributed by atoms with Crippen molar-refractivity contribution in [2.75, 3.05) is 0 Å². The van der Waals surface area contributed by atoms with Crippen LogP contribution in [0.15, 0.2) is 36.0 Å². The Morgan fingerprint density at radius 3 is 2.88 bits per heavy atom. The minimum absolute atomic E-state index is 0.00567. The van der Waals surface area contributed by atoms with Gasteiger partial charge in [0.2, 0.25) is 0 Å². The lowest BCUT2D eigenvalue weighted by Gasteiger charge is -2.09. The highest BCUT2D eigenvalue weighted by atomic mass is 16.4. The fraction of sp³-hybridized carbons (Fsp3) is 0.500. The zero-order valence-corrected chi connectivity index (χ0v) is 14.2. The van der Waals surface area contributed by atoms with Gasteiger partial charge in [-0.2, -0.15) is 0 Å². The normalized spacial score (nSPS) is 19.7. The number of aliphatic hydroxyl groups excluding tert-OH is 1. The van der Waals surface area contributed by atoms with E-state index in [9.17, 15) is 14.7 Å². The molecule has 1 aliphatic carbocycles. The van der Waals surface area contributed by atoms with Crippen LogP contribution in [-0.2, 0) is 9.59 Å². The third-order valence-electron chi connectivity index (χ3n) is 3.73. The van der Waals surface area contributed by atoms with Crippen LogP contribution >= 0.6 is 0 Å². The Hall–Kier alpha value is -2.12. The van der Waals surface area contributed by atoms with E-state index in [1.807, 2.05) is 31.2 Å². The number of ketones is 1. The summed E-state index contributed by atoms with van der Waals surface area (Å²) in [6.07, 6.45) is 12.6. The minimum atomic E-state index is -0.778. The molecule has 0 fully saturated rings. The van der Waals surface area contributed by atoms with Crippen molar-refractivity contribution < 1.29 is 19.8 Å². The van der Waals surface area contributed by atoms with E-state index in [2.05, 4.69) is 11.8 Å². The largest absolute Gasteiger partial charge is 0.481 e. The van der Waals surface area contributed by atoms with Gasteiger partial charge in [0.05, 0.1) is 6.10 Å². The van der Waals surface area contributed by atoms with Crippen molar-refractivity contribution in [3.63, 3.8) is 0 Å². The molecule has 24 heavy (non-hydrogen) atoms. The number of aliphatic hydroxyl groups is 1. The van der Waals surface area contributed by atoms with Gasteiger partial charge < -0.3 is 10.2 Å². The predicted octanol–water partition coefficient (Wildman–Crippen LogP) is 3.42. The van der Waals surface area contributed by atoms with Crippen LogP contribution < -0.4 is 0 Å². The molecular weight excluding hydrogens is 304 g/mol. The Morgan fingerprint density at radius 1 is 1.38 bits per heavy atom. The first kappa shape index (κ1) is 19.9. The molecule has 0 aliphatic heterocycles. The van der Waals surface area contributed by atoms with E-state index < -0.39 is 12.1 Å². The first-order valence-corrected chi connectivity index (χ1v) is 8.47. The van der Waals surface area contributed by atoms with Crippen LogP contribution in [0.4, 0.5) is 0 Å². The Bertz CT molecular complexity index is 572. The van der Waals surface area contributed by atoms with Crippen molar-refractivity contribution in [2.24, 2.45) is 5.92 Å². The van der Waals surface area contributed by atoms with Crippen molar-refractivity contribution in [3.8, 4) is 11.8 Å². The van der Waals surface area contributed by atoms with Gasteiger partial charge >= 0.3 is 5.97 Å². The summed E-state index contributed by atoms with van der Waals surface area (Å²) in [5.74, 6) is 5.10. The van der Waals surface area contributed by atoms with Crippen LogP contribution in [0.25, 0.3) is 0 Å². The van der Waals surface area contributed by atoms with Gasteiger partial charge in [-0.25, -0.2) is 0 Å². The van der Waals surface area contributed by atoms with Crippen LogP contribution in [0.3, 0.4) is 0 Å². The lowest BCUT2D eigenvalue weighted by Crippen LogP contribution is -2.07. The summed E-state index contributed by atoms with van der Waals surface area (Å²) in [4.78, 5) is 22.3. The second-order valence-corrected chi connectivity index (χ2v) is 5.78. The number of rotatable bonds is 9. The maximum absolute atomic E-state index is 11.9. The van der Waals surface area contributed by atoms with E-state index in [1.54, 1.807) is 6.08 Å². The zero-order chi connectivity index (χ0) is 17.8. The lowest BCUT2D eigenvalue weighted by atomic mass is 9.96. The molecule has 0 saturated heterocycles. The summed E-state index contributed by atoms with van der Waals surface area (Å²) >= 11 is 0. The van der Waals surface area contributed by atoms with E-state index in [0.717, 1.165) is 18.4 Å². The molecule has 0 saturated carbocycles. The first-order chi connectivity index (χ1) is 11.5. The number of aliphatic carboxylic acids is 1. The van der Waals surface area contributed by atoms with Crippen molar-refractivity contribution in [1.29, 1.82) is 0 Å². The number of carboxylic acids is 1. The molecule has 0 amide bonds. The molecule has 130 valence electrons. The van der Waals surface area contributed by atoms with Crippen LogP contribution in [-0.4, -0.2) is 28.1 Å². The fourth-order valence-corrected chi connectivity index (χ4v) is 2.44. The highest BCUT2D eigenvalue weighted by molar-refractivity contribution is 6.07. The summed E-state index contributed by atoms with van der Waals surface area (Å²) in [6.45, 7) is 1.96. The maximum atomic E-state index is 11.9. The van der Waals surface area contributed by atoms with Gasteiger partial charge in [0.1, 0.15) is 0 Å². The molecular formula is C20H26O4. The number of hydrogen-bond acceptors (Lipinski definition) is 3. The van der Waals surface area contributed by atoms with E-state index in [-0.39, 0.29) is 18.1 Å². The van der Waals surface area contributed by atoms with Crippen molar-refractivity contribution in [2.45, 2.75) is 58.0 Å². The van der Waals surface area contributed by atoms with Crippen molar-refractivity contribution >= 4 is 11.8 Å². The molecule has 2 N–H and O–H groups in total. The minimum Gasteiger partial charge on any atom is -0.481 e. The Labute approximate surface area is 144 Å². The number of allylic oxidation sites excluding steroid dienone is 5. The quantitative estimate of drug-likeness (QED) is 0.294. The Morgan fingerprint density at radius 2 is 2.17 bits per heavy atom. The summed E-state index contributed by atoms with van der Waals surface area (Å²) < 4.78 is 0. The summed E-state index contributed by atoms with van der Waals surface area (Å²) in [5, 5.41) is 18.5. The molecule has 0 aromatic carbocycles. The Kier molecular flexibility index (Phi) is 9.48. The van der Waals surface area contributed by atoms with Gasteiger partial charge in [0, 0.05) is 30.8 Å². The molecule has 2 atom stereocenters. The van der Waals surface area contributed by atoms with E-state index in [1.165, 1.54) is 0 Å². The van der Waals surface area contributed by atoms with Crippen molar-refractivity contribution in [3.05, 3.63) is 36.0 Å². The van der Waals surface area contributed by atoms with Crippen LogP contribution in [0, 0.1) is 17.8 Å². The van der Waals surface area contributed by atoms with Gasteiger partial charge in [-0.05, 0) is 31.8 Å². The average molecular weight is 330 g/mol. The molecule has 0 spiro atoms. The molecule has 4 heteroatoms. The van der Waals surface area contributed by atoms with Gasteiger partial charge in [0.15, 0.2) is 5.78 Å². The molecule has 1 rings (SSSR count). The monoisotopic (exact) mass is 330 g/mol. The summed E-state index contributed by atoms with van der Waals surface area (Å²) in [5.41, 5.74) is 0.729. The summed E-state index contributed by atoms with van der Waals surface area (Å²) in [6, 6.07) is 0. The average Bonchev–Trinajstić information content (AvgIpc) is 2.89. The third-order valence-corrected chi connectivity index (χ3v) is 3.73. The smallest absolute Gasteiger partial charge is 0.303 e. The Balaban J connectivity index is 2.44. The SMILES string of the molecule is CCC#CC[C@H](O)C/C=C1/C(=O)C=C[C@@H]1C/C=C\CCCC(=O)O. The molecule has 0 bridgehead atoms. The molecule has 0 radical (unpaired) electrons. The van der Waals surface area contributed by atoms with Gasteiger partial charge in [-0.1, -0.05) is 31.2 Å². The van der Waals surface area contributed by atoms with Gasteiger partial charge in [0.25, 0.3) is 0 Å². The number of unbranched alkanes of at least 4 members (excludes halogenated alkanes) is 1. The van der Waals surface area contributed by atoms with E-state index >= 15 is 0 Å². The number of carbonyl (C=O) groups is 2. The second-order valence-electron chi connectivity index (χ2n) is 5.78. The number of hydrogen-bond donors (Lipinski definition) is 2. The molecule has 0 unspecified atom stereocenters. The second kappa shape index (κ2) is 11.4. The standard InChI is InChI=1S/C20H26O4/c1-2-3-6-10-17(21)13-14-18-16(12-15-19(18)22)9-7-4-5-8-11-20(23)24/h4,7,12,14-17,21H,2,5,8-11,13H2,1H3,(H,23,24)/b7-4-,18-14+/t16-,17-/m0/s1. The van der Waals surface area contributed by atoms with Crippen LogP contribution in [0.1, 0.15) is 51.9 Å². The lowest BCUT2D eigenvalue weighted by molar-refractivity contribution is -0.137. The highest BCUT2D eigenvalue weighted by Crippen LogP contribution is 2.26. The van der Waals surface area contributed by atoms with E-state index in [4.69, 9.17) is 5.11 Å². The van der Waals surface area contributed by atoms with E-state index in [0.29, 0.717) is 25.7 Å². The van der Waals surface area contributed by atoms with Crippen molar-refractivity contribution in [1.82, 2.24) is 0 Å². The number of carboxylic acid groups (broad SMARTS) is 1. The number of carbonyl (C=O) groups excluding carboxylic acids is 1. The molecule has 0 aromatic rings. The molecule has 0 heterocycles. The molecule has 1 aliphatic rings. The van der Waals surface area contributed by atoms with Crippen LogP contribution in [0.2, 0.25) is 0 Å². The molecule has 0 aromatic heterocycles. The fourth-order valence-electron chi connectivity index (χ4n) is 2.44.